The lowest BCUT2D eigenvalue weighted by molar-refractivity contribution is -0.136. The number of hydrogen-bond donors (Lipinski definition) is 4. The highest BCUT2D eigenvalue weighted by Crippen LogP contribution is 2.32. The highest BCUT2D eigenvalue weighted by atomic mass is 16.6. The molecular weight excluding hydrogens is 564 g/mol. The molecule has 1 unspecified atom stereocenters. The minimum Gasteiger partial charge on any atom is -0.478 e. The zero-order chi connectivity index (χ0) is 32.2. The number of nitrogens with two attached hydrogens (primary N) is 1. The molecule has 3 aromatic rings. The summed E-state index contributed by atoms with van der Waals surface area (Å²) >= 11 is 0. The third-order valence-electron chi connectivity index (χ3n) is 7.19. The first-order valence-electron chi connectivity index (χ1n) is 14.2. The van der Waals surface area contributed by atoms with Gasteiger partial charge in [-0.2, -0.15) is 0 Å². The number of nitrogens with zero attached hydrogens (tertiary/aromatic N) is 1. The molecule has 230 valence electrons. The van der Waals surface area contributed by atoms with E-state index < -0.39 is 41.4 Å². The Morgan fingerprint density at radius 1 is 0.955 bits per heavy atom. The number of carbonyl (C=O) groups is 5. The number of primary amides is 1. The molecule has 44 heavy (non-hydrogen) atoms. The molecule has 1 aliphatic rings. The Bertz CT molecular complexity index is 1610. The van der Waals surface area contributed by atoms with Crippen molar-refractivity contribution in [3.8, 4) is 11.1 Å². The third-order valence-corrected chi connectivity index (χ3v) is 7.19. The molecule has 0 aromatic heterocycles. The van der Waals surface area contributed by atoms with E-state index >= 15 is 0 Å². The smallest absolute Gasteiger partial charge is 0.340 e. The minimum absolute atomic E-state index is 0.0770. The molecular formula is C33H36N4O7. The van der Waals surface area contributed by atoms with E-state index in [-0.39, 0.29) is 41.0 Å². The Kier molecular flexibility index (Phi) is 9.37. The van der Waals surface area contributed by atoms with Crippen molar-refractivity contribution in [2.75, 3.05) is 17.2 Å². The van der Waals surface area contributed by atoms with Gasteiger partial charge in [0.25, 0.3) is 0 Å². The molecule has 0 aliphatic carbocycles. The maximum Gasteiger partial charge on any atom is 0.340 e. The number of amides is 4. The van der Waals surface area contributed by atoms with Gasteiger partial charge in [-0.05, 0) is 87.1 Å². The SMILES string of the molecule is Cc1cc(C(=O)OC(C)(C)C)c(NC(=O)C2CCCN2C(=O)Cc2c(NC(N)=O)cccc2C(=O)O)cc1-c1ccccc1. The normalized spacial score (nSPS) is 14.5. The lowest BCUT2D eigenvalue weighted by atomic mass is 9.96. The molecule has 1 heterocycles. The predicted molar refractivity (Wildman–Crippen MR) is 165 cm³/mol. The summed E-state index contributed by atoms with van der Waals surface area (Å²) in [6.45, 7) is 7.40. The van der Waals surface area contributed by atoms with Crippen LogP contribution in [0.15, 0.2) is 60.7 Å². The van der Waals surface area contributed by atoms with Crippen LogP contribution in [0.2, 0.25) is 0 Å². The number of carboxylic acids is 1. The Hall–Kier alpha value is -5.19. The molecule has 0 spiro atoms. The van der Waals surface area contributed by atoms with Crippen molar-refractivity contribution >= 4 is 41.2 Å². The zero-order valence-corrected chi connectivity index (χ0v) is 25.1. The van der Waals surface area contributed by atoms with Crippen molar-refractivity contribution < 1.29 is 33.8 Å². The summed E-state index contributed by atoms with van der Waals surface area (Å²) in [6.07, 6.45) is 0.524. The summed E-state index contributed by atoms with van der Waals surface area (Å²) in [5, 5.41) is 14.9. The number of aromatic carboxylic acids is 1. The van der Waals surface area contributed by atoms with E-state index in [0.717, 1.165) is 16.7 Å². The van der Waals surface area contributed by atoms with Gasteiger partial charge in [0, 0.05) is 12.2 Å². The quantitative estimate of drug-likeness (QED) is 0.264. The number of ether oxygens (including phenoxy) is 1. The Balaban J connectivity index is 1.65. The molecule has 1 atom stereocenters. The maximum atomic E-state index is 13.7. The van der Waals surface area contributed by atoms with Gasteiger partial charge in [0.05, 0.1) is 23.2 Å². The second kappa shape index (κ2) is 13.0. The summed E-state index contributed by atoms with van der Waals surface area (Å²) in [6, 6.07) is 15.4. The van der Waals surface area contributed by atoms with Gasteiger partial charge in [-0.25, -0.2) is 14.4 Å². The largest absolute Gasteiger partial charge is 0.478 e. The standard InChI is InChI=1S/C33H36N4O7/c1-19-16-24(31(42)44-33(2,3)4)26(17-22(19)20-10-6-5-7-11-20)35-29(39)27-14-9-15-37(27)28(38)18-23-21(30(40)41)12-8-13-25(23)36-32(34)43/h5-8,10-13,16-17,27H,9,14-15,18H2,1-4H3,(H,35,39)(H,40,41)(H3,34,36,43). The minimum atomic E-state index is -1.28. The predicted octanol–water partition coefficient (Wildman–Crippen LogP) is 4.98. The zero-order valence-electron chi connectivity index (χ0n) is 25.1. The second-order valence-corrected chi connectivity index (χ2v) is 11.6. The number of esters is 1. The van der Waals surface area contributed by atoms with Crippen LogP contribution in [-0.2, 0) is 20.7 Å². The molecule has 0 bridgehead atoms. The molecule has 4 amide bonds. The molecule has 1 saturated heterocycles. The van der Waals surface area contributed by atoms with Crippen LogP contribution < -0.4 is 16.4 Å². The fourth-order valence-electron chi connectivity index (χ4n) is 5.28. The van der Waals surface area contributed by atoms with Gasteiger partial charge in [-0.15, -0.1) is 0 Å². The first-order valence-corrected chi connectivity index (χ1v) is 14.2. The number of hydrogen-bond acceptors (Lipinski definition) is 6. The third kappa shape index (κ3) is 7.41. The number of aryl methyl sites for hydroxylation is 1. The average Bonchev–Trinajstić information content (AvgIpc) is 3.44. The summed E-state index contributed by atoms with van der Waals surface area (Å²) in [5.41, 5.74) is 7.44. The first-order chi connectivity index (χ1) is 20.7. The van der Waals surface area contributed by atoms with Gasteiger partial charge >= 0.3 is 18.0 Å². The molecule has 1 fully saturated rings. The fourth-order valence-corrected chi connectivity index (χ4v) is 5.28. The summed E-state index contributed by atoms with van der Waals surface area (Å²) in [7, 11) is 0. The average molecular weight is 601 g/mol. The van der Waals surface area contributed by atoms with Crippen molar-refractivity contribution in [1.29, 1.82) is 0 Å². The van der Waals surface area contributed by atoms with Crippen molar-refractivity contribution in [2.45, 2.75) is 58.6 Å². The Labute approximate surface area is 255 Å². The monoisotopic (exact) mass is 600 g/mol. The van der Waals surface area contributed by atoms with Gasteiger partial charge in [-0.3, -0.25) is 9.59 Å². The number of benzene rings is 3. The molecule has 0 radical (unpaired) electrons. The van der Waals surface area contributed by atoms with Gasteiger partial charge in [0.1, 0.15) is 11.6 Å². The van der Waals surface area contributed by atoms with Crippen LogP contribution in [0.5, 0.6) is 0 Å². The lowest BCUT2D eigenvalue weighted by Gasteiger charge is -2.26. The van der Waals surface area contributed by atoms with Crippen LogP contribution in [0.3, 0.4) is 0 Å². The molecule has 3 aromatic carbocycles. The molecule has 0 saturated carbocycles. The number of likely N-dealkylation sites (tertiary alicyclic amines) is 1. The van der Waals surface area contributed by atoms with E-state index in [1.54, 1.807) is 32.9 Å². The van der Waals surface area contributed by atoms with Crippen LogP contribution in [0.25, 0.3) is 11.1 Å². The number of anilines is 2. The van der Waals surface area contributed by atoms with Gasteiger partial charge in [-0.1, -0.05) is 36.4 Å². The summed E-state index contributed by atoms with van der Waals surface area (Å²) in [5.74, 6) is -2.87. The number of carbonyl (C=O) groups excluding carboxylic acids is 4. The van der Waals surface area contributed by atoms with Crippen LogP contribution in [-0.4, -0.2) is 58.0 Å². The molecule has 1 aliphatic heterocycles. The van der Waals surface area contributed by atoms with E-state index in [1.165, 1.54) is 23.1 Å². The highest BCUT2D eigenvalue weighted by Gasteiger charge is 2.35. The number of nitrogens with one attached hydrogen (secondary N) is 2. The fraction of sp³-hybridized carbons (Fsp3) is 0.303. The van der Waals surface area contributed by atoms with Crippen LogP contribution in [0, 0.1) is 6.92 Å². The van der Waals surface area contributed by atoms with E-state index in [2.05, 4.69) is 10.6 Å². The second-order valence-electron chi connectivity index (χ2n) is 11.6. The molecule has 5 N–H and O–H groups in total. The van der Waals surface area contributed by atoms with Crippen LogP contribution in [0.4, 0.5) is 16.2 Å². The van der Waals surface area contributed by atoms with Crippen molar-refractivity contribution in [3.05, 3.63) is 82.9 Å². The maximum absolute atomic E-state index is 13.7. The van der Waals surface area contributed by atoms with Gasteiger partial charge in [0.2, 0.25) is 11.8 Å². The highest BCUT2D eigenvalue weighted by molar-refractivity contribution is 6.05. The topological polar surface area (TPSA) is 168 Å². The Morgan fingerprint density at radius 2 is 1.66 bits per heavy atom. The van der Waals surface area contributed by atoms with Crippen LogP contribution >= 0.6 is 0 Å². The van der Waals surface area contributed by atoms with E-state index in [0.29, 0.717) is 12.8 Å². The van der Waals surface area contributed by atoms with Crippen molar-refractivity contribution in [3.63, 3.8) is 0 Å². The van der Waals surface area contributed by atoms with E-state index in [4.69, 9.17) is 10.5 Å². The summed E-state index contributed by atoms with van der Waals surface area (Å²) in [4.78, 5) is 65.3. The van der Waals surface area contributed by atoms with E-state index in [9.17, 15) is 29.1 Å². The van der Waals surface area contributed by atoms with E-state index in [1.807, 2.05) is 37.3 Å². The first kappa shape index (κ1) is 31.7. The number of urea groups is 1. The van der Waals surface area contributed by atoms with Gasteiger partial charge in [0.15, 0.2) is 0 Å². The number of rotatable bonds is 8. The Morgan fingerprint density at radius 3 is 2.30 bits per heavy atom. The summed E-state index contributed by atoms with van der Waals surface area (Å²) < 4.78 is 5.63. The van der Waals surface area contributed by atoms with Crippen molar-refractivity contribution in [2.24, 2.45) is 5.73 Å². The molecule has 11 heteroatoms. The molecule has 4 rings (SSSR count). The molecule has 11 nitrogen and oxygen atoms in total. The number of carboxylic acid groups (broad SMARTS) is 1. The van der Waals surface area contributed by atoms with Crippen LogP contribution in [0.1, 0.15) is 65.5 Å². The van der Waals surface area contributed by atoms with Gasteiger partial charge < -0.3 is 31.1 Å². The lowest BCUT2D eigenvalue weighted by Crippen LogP contribution is -2.44. The van der Waals surface area contributed by atoms with Crippen molar-refractivity contribution in [1.82, 2.24) is 4.90 Å².